The predicted molar refractivity (Wildman–Crippen MR) is 113 cm³/mol. The van der Waals surface area contributed by atoms with E-state index < -0.39 is 0 Å². The molecule has 4 nitrogen and oxygen atoms in total. The Balaban J connectivity index is 1.75. The molecule has 5 heteroatoms. The molecule has 1 N–H and O–H groups in total. The third kappa shape index (κ3) is 2.65. The Kier molecular flexibility index (Phi) is 3.85. The lowest BCUT2D eigenvalue weighted by Crippen LogP contribution is -2.34. The second-order valence-corrected chi connectivity index (χ2v) is 9.48. The average Bonchev–Trinajstić information content (AvgIpc) is 3.28. The van der Waals surface area contributed by atoms with Gasteiger partial charge >= 0.3 is 0 Å². The van der Waals surface area contributed by atoms with Crippen molar-refractivity contribution < 1.29 is 4.79 Å². The van der Waals surface area contributed by atoms with Crippen molar-refractivity contribution in [2.45, 2.75) is 39.5 Å². The van der Waals surface area contributed by atoms with Crippen LogP contribution in [-0.2, 0) is 4.79 Å². The number of rotatable bonds is 2. The van der Waals surface area contributed by atoms with Crippen molar-refractivity contribution in [2.24, 2.45) is 5.41 Å². The minimum Gasteiger partial charge on any atom is -0.343 e. The van der Waals surface area contributed by atoms with Crippen LogP contribution in [0.4, 0.5) is 5.82 Å². The van der Waals surface area contributed by atoms with E-state index in [0.717, 1.165) is 40.5 Å². The number of thiophene rings is 1. The summed E-state index contributed by atoms with van der Waals surface area (Å²) in [6, 6.07) is 14.4. The van der Waals surface area contributed by atoms with Crippen LogP contribution in [0, 0.1) is 12.3 Å². The third-order valence-corrected chi connectivity index (χ3v) is 6.64. The molecule has 0 amide bonds. The van der Waals surface area contributed by atoms with Gasteiger partial charge in [0, 0.05) is 28.1 Å². The van der Waals surface area contributed by atoms with Gasteiger partial charge in [-0.1, -0.05) is 38.1 Å². The fourth-order valence-electron chi connectivity index (χ4n) is 4.57. The van der Waals surface area contributed by atoms with Crippen LogP contribution in [0.1, 0.15) is 48.7 Å². The molecule has 0 saturated heterocycles. The van der Waals surface area contributed by atoms with Crippen LogP contribution in [0.5, 0.6) is 0 Å². The number of anilines is 1. The Morgan fingerprint density at radius 3 is 2.64 bits per heavy atom. The van der Waals surface area contributed by atoms with E-state index in [-0.39, 0.29) is 17.1 Å². The van der Waals surface area contributed by atoms with Crippen LogP contribution in [-0.4, -0.2) is 15.6 Å². The molecular formula is C23H23N3OS. The van der Waals surface area contributed by atoms with Crippen LogP contribution in [0.2, 0.25) is 0 Å². The van der Waals surface area contributed by atoms with Gasteiger partial charge in [-0.05, 0) is 42.3 Å². The number of benzene rings is 1. The molecule has 142 valence electrons. The first-order chi connectivity index (χ1) is 13.4. The summed E-state index contributed by atoms with van der Waals surface area (Å²) in [6.45, 7) is 6.39. The van der Waals surface area contributed by atoms with Gasteiger partial charge in [-0.25, -0.2) is 4.68 Å². The zero-order valence-electron chi connectivity index (χ0n) is 16.3. The molecule has 0 spiro atoms. The van der Waals surface area contributed by atoms with Crippen molar-refractivity contribution in [1.82, 2.24) is 9.78 Å². The lowest BCUT2D eigenvalue weighted by atomic mass is 9.70. The van der Waals surface area contributed by atoms with Gasteiger partial charge in [-0.3, -0.25) is 4.79 Å². The van der Waals surface area contributed by atoms with Gasteiger partial charge in [-0.15, -0.1) is 11.3 Å². The maximum atomic E-state index is 13.2. The normalized spacial score (nSPS) is 20.5. The van der Waals surface area contributed by atoms with Gasteiger partial charge in [0.15, 0.2) is 5.78 Å². The first kappa shape index (κ1) is 17.4. The van der Waals surface area contributed by atoms with Gasteiger partial charge < -0.3 is 5.32 Å². The lowest BCUT2D eigenvalue weighted by molar-refractivity contribution is -0.118. The molecule has 0 saturated carbocycles. The van der Waals surface area contributed by atoms with Crippen LogP contribution in [0.25, 0.3) is 5.69 Å². The number of hydrogen-bond donors (Lipinski definition) is 1. The summed E-state index contributed by atoms with van der Waals surface area (Å²) in [6.07, 6.45) is 1.46. The fourth-order valence-corrected chi connectivity index (χ4v) is 5.41. The zero-order valence-corrected chi connectivity index (χ0v) is 17.1. The molecular weight excluding hydrogens is 366 g/mol. The molecule has 3 heterocycles. The van der Waals surface area contributed by atoms with Gasteiger partial charge in [0.05, 0.1) is 17.3 Å². The van der Waals surface area contributed by atoms with Crippen molar-refractivity contribution in [3.63, 3.8) is 0 Å². The smallest absolute Gasteiger partial charge is 0.162 e. The second kappa shape index (κ2) is 6.17. The van der Waals surface area contributed by atoms with E-state index in [4.69, 9.17) is 5.10 Å². The number of aryl methyl sites for hydroxylation is 1. The summed E-state index contributed by atoms with van der Waals surface area (Å²) < 4.78 is 1.99. The molecule has 1 aliphatic carbocycles. The predicted octanol–water partition coefficient (Wildman–Crippen LogP) is 5.44. The quantitative estimate of drug-likeness (QED) is 0.634. The van der Waals surface area contributed by atoms with E-state index in [1.165, 1.54) is 4.88 Å². The summed E-state index contributed by atoms with van der Waals surface area (Å²) in [5.41, 5.74) is 5.07. The first-order valence-electron chi connectivity index (χ1n) is 9.66. The maximum absolute atomic E-state index is 13.2. The number of fused-ring (bicyclic) bond motifs is 1. The highest BCUT2D eigenvalue weighted by molar-refractivity contribution is 7.10. The number of Topliss-reactive ketones (excluding diaryl/α,β-unsaturated/α-hetero) is 1. The molecule has 1 aliphatic heterocycles. The van der Waals surface area contributed by atoms with Gasteiger partial charge in [0.2, 0.25) is 0 Å². The number of carbonyl (C=O) groups is 1. The van der Waals surface area contributed by atoms with E-state index in [1.54, 1.807) is 11.3 Å². The minimum atomic E-state index is -0.0349. The molecule has 1 atom stereocenters. The summed E-state index contributed by atoms with van der Waals surface area (Å²) in [7, 11) is 0. The van der Waals surface area contributed by atoms with Crippen molar-refractivity contribution in [2.75, 3.05) is 5.32 Å². The van der Waals surface area contributed by atoms with Crippen molar-refractivity contribution in [1.29, 1.82) is 0 Å². The van der Waals surface area contributed by atoms with Gasteiger partial charge in [0.1, 0.15) is 5.82 Å². The number of nitrogens with zero attached hydrogens (tertiary/aromatic N) is 2. The Labute approximate surface area is 168 Å². The minimum absolute atomic E-state index is 0.0347. The summed E-state index contributed by atoms with van der Waals surface area (Å²) in [5, 5.41) is 10.6. The maximum Gasteiger partial charge on any atom is 0.162 e. The Morgan fingerprint density at radius 2 is 1.93 bits per heavy atom. The van der Waals surface area contributed by atoms with E-state index >= 15 is 0 Å². The Bertz CT molecular complexity index is 1090. The third-order valence-electron chi connectivity index (χ3n) is 5.70. The standard InChI is InChI=1S/C23H23N3OS/c1-14-19-21(18-10-7-11-28-18)20-16(12-23(2,3)13-17(20)27)24-22(19)26(25-14)15-8-5-4-6-9-15/h4-11,21,24H,12-13H2,1-3H3. The molecule has 1 unspecified atom stereocenters. The number of para-hydroxylation sites is 1. The second-order valence-electron chi connectivity index (χ2n) is 8.50. The number of nitrogens with one attached hydrogen (secondary N) is 1. The topological polar surface area (TPSA) is 46.9 Å². The number of aromatic nitrogens is 2. The van der Waals surface area contributed by atoms with Crippen LogP contribution >= 0.6 is 11.3 Å². The van der Waals surface area contributed by atoms with Crippen molar-refractivity contribution in [3.05, 3.63) is 75.2 Å². The average molecular weight is 390 g/mol. The molecule has 5 rings (SSSR count). The zero-order chi connectivity index (χ0) is 19.5. The molecule has 3 aromatic rings. The Morgan fingerprint density at radius 1 is 1.14 bits per heavy atom. The number of hydrogen-bond acceptors (Lipinski definition) is 4. The molecule has 0 radical (unpaired) electrons. The molecule has 28 heavy (non-hydrogen) atoms. The SMILES string of the molecule is Cc1nn(-c2ccccc2)c2c1C(c1cccs1)C1=C(CC(C)(C)CC1=O)N2. The van der Waals surface area contributed by atoms with Crippen LogP contribution < -0.4 is 5.32 Å². The van der Waals surface area contributed by atoms with Crippen molar-refractivity contribution >= 4 is 22.9 Å². The Hall–Kier alpha value is -2.66. The van der Waals surface area contributed by atoms with Gasteiger partial charge in [0.25, 0.3) is 0 Å². The highest BCUT2D eigenvalue weighted by atomic mass is 32.1. The first-order valence-corrected chi connectivity index (χ1v) is 10.5. The van der Waals surface area contributed by atoms with Crippen LogP contribution in [0.15, 0.2) is 59.1 Å². The van der Waals surface area contributed by atoms with Crippen LogP contribution in [0.3, 0.4) is 0 Å². The van der Waals surface area contributed by atoms with E-state index in [9.17, 15) is 4.79 Å². The number of ketones is 1. The molecule has 0 fully saturated rings. The highest BCUT2D eigenvalue weighted by Crippen LogP contribution is 2.51. The van der Waals surface area contributed by atoms with E-state index in [0.29, 0.717) is 6.42 Å². The van der Waals surface area contributed by atoms with E-state index in [1.807, 2.05) is 29.8 Å². The van der Waals surface area contributed by atoms with E-state index in [2.05, 4.69) is 48.8 Å². The van der Waals surface area contributed by atoms with Gasteiger partial charge in [-0.2, -0.15) is 5.10 Å². The molecule has 2 aromatic heterocycles. The molecule has 2 aliphatic rings. The highest BCUT2D eigenvalue weighted by Gasteiger charge is 2.43. The summed E-state index contributed by atoms with van der Waals surface area (Å²) in [4.78, 5) is 14.4. The largest absolute Gasteiger partial charge is 0.343 e. The monoisotopic (exact) mass is 389 g/mol. The summed E-state index contributed by atoms with van der Waals surface area (Å²) >= 11 is 1.71. The lowest BCUT2D eigenvalue weighted by Gasteiger charge is -2.38. The molecule has 0 bridgehead atoms. The fraction of sp³-hybridized carbons (Fsp3) is 0.304. The summed E-state index contributed by atoms with van der Waals surface area (Å²) in [5.74, 6) is 1.22. The molecule has 1 aromatic carbocycles. The number of carbonyl (C=O) groups excluding carboxylic acids is 1. The number of allylic oxidation sites excluding steroid dienone is 2. The van der Waals surface area contributed by atoms with Crippen molar-refractivity contribution in [3.8, 4) is 5.69 Å².